The molecule has 34 heavy (non-hydrogen) atoms. The van der Waals surface area contributed by atoms with E-state index in [1.54, 1.807) is 6.07 Å². The van der Waals surface area contributed by atoms with Gasteiger partial charge in [0.05, 0.1) is 17.3 Å². The summed E-state index contributed by atoms with van der Waals surface area (Å²) in [7, 11) is 0. The summed E-state index contributed by atoms with van der Waals surface area (Å²) in [5.74, 6) is -4.09. The first-order valence-corrected chi connectivity index (χ1v) is 10.9. The molecule has 0 bridgehead atoms. The highest BCUT2D eigenvalue weighted by Gasteiger charge is 2.39. The van der Waals surface area contributed by atoms with E-state index in [9.17, 15) is 14.4 Å². The van der Waals surface area contributed by atoms with Crippen LogP contribution >= 0.6 is 0 Å². The lowest BCUT2D eigenvalue weighted by atomic mass is 10.0. The van der Waals surface area contributed by atoms with Gasteiger partial charge >= 0.3 is 0 Å². The third kappa shape index (κ3) is 4.41. The van der Waals surface area contributed by atoms with Gasteiger partial charge in [0.25, 0.3) is 5.91 Å². The quantitative estimate of drug-likeness (QED) is 0.624. The zero-order valence-electron chi connectivity index (χ0n) is 25.2. The maximum absolute atomic E-state index is 15.7. The van der Waals surface area contributed by atoms with Gasteiger partial charge in [-0.3, -0.25) is 24.6 Å². The number of nitrogens with zero attached hydrogens (tertiary/aromatic N) is 2. The SMILES string of the molecule is [2H]c1c([2H])c(CNc2cccc3c2CN(C2C(=O)NC(=O)C([2H])([2H])C2([2H])[2H])C3=O)c(F)c(CN2CCOCC2)c1[2H]. The molecule has 178 valence electrons. The van der Waals surface area contributed by atoms with E-state index >= 15 is 4.39 Å². The Kier molecular flexibility index (Phi) is 4.36. The van der Waals surface area contributed by atoms with Crippen LogP contribution in [-0.4, -0.2) is 59.9 Å². The fraction of sp³-hybridized carbons (Fsp3) is 0.400. The summed E-state index contributed by atoms with van der Waals surface area (Å²) < 4.78 is 78.1. The van der Waals surface area contributed by atoms with Crippen LogP contribution in [0.5, 0.6) is 0 Å². The van der Waals surface area contributed by atoms with E-state index in [1.807, 2.05) is 10.2 Å². The van der Waals surface area contributed by atoms with Crippen molar-refractivity contribution < 1.29 is 33.1 Å². The van der Waals surface area contributed by atoms with Crippen molar-refractivity contribution in [2.45, 2.75) is 38.4 Å². The van der Waals surface area contributed by atoms with Gasteiger partial charge in [0.1, 0.15) is 11.9 Å². The zero-order chi connectivity index (χ0) is 29.9. The number of nitrogens with one attached hydrogen (secondary N) is 2. The van der Waals surface area contributed by atoms with Crippen LogP contribution in [0.25, 0.3) is 0 Å². The maximum atomic E-state index is 15.7. The van der Waals surface area contributed by atoms with Gasteiger partial charge in [-0.05, 0) is 18.5 Å². The van der Waals surface area contributed by atoms with Crippen molar-refractivity contribution in [1.29, 1.82) is 0 Å². The summed E-state index contributed by atoms with van der Waals surface area (Å²) in [6.07, 6.45) is -6.11. The minimum atomic E-state index is -3.08. The molecular formula is C25H27FN4O4. The zero-order valence-corrected chi connectivity index (χ0v) is 18.2. The summed E-state index contributed by atoms with van der Waals surface area (Å²) >= 11 is 0. The number of halogens is 1. The number of benzene rings is 2. The van der Waals surface area contributed by atoms with E-state index in [-0.39, 0.29) is 42.4 Å². The van der Waals surface area contributed by atoms with Gasteiger partial charge in [-0.15, -0.1) is 0 Å². The number of ether oxygens (including phenoxy) is 1. The standard InChI is InChI=1S/C25H27FN4O4/c26-23-16(3-1-4-17(23)14-29-9-11-34-12-10-29)13-27-20-6-2-5-18-19(20)15-30(25(18)33)21-7-8-22(31)28-24(21)32/h1-6,21,27H,7-15H2,(H,28,31,32)/i1D,3D,4D,7D2,8D2. The lowest BCUT2D eigenvalue weighted by Crippen LogP contribution is -2.52. The molecule has 9 heteroatoms. The molecule has 2 fully saturated rings. The summed E-state index contributed by atoms with van der Waals surface area (Å²) in [5.41, 5.74) is 0.631. The topological polar surface area (TPSA) is 91.0 Å². The number of carbonyl (C=O) groups is 3. The van der Waals surface area contributed by atoms with Crippen LogP contribution in [0, 0.1) is 5.82 Å². The number of morpholine rings is 1. The van der Waals surface area contributed by atoms with Crippen molar-refractivity contribution in [2.75, 3.05) is 31.6 Å². The van der Waals surface area contributed by atoms with E-state index in [0.29, 0.717) is 37.6 Å². The lowest BCUT2D eigenvalue weighted by molar-refractivity contribution is -0.136. The molecule has 3 aliphatic heterocycles. The van der Waals surface area contributed by atoms with Gasteiger partial charge in [-0.25, -0.2) is 4.39 Å². The number of hydrogen-bond donors (Lipinski definition) is 2. The Morgan fingerprint density at radius 1 is 1.21 bits per heavy atom. The molecule has 3 heterocycles. The summed E-state index contributed by atoms with van der Waals surface area (Å²) in [6.45, 7) is 1.53. The van der Waals surface area contributed by atoms with E-state index < -0.39 is 54.4 Å². The van der Waals surface area contributed by atoms with Crippen LogP contribution in [0.3, 0.4) is 0 Å². The number of imide groups is 1. The van der Waals surface area contributed by atoms with E-state index in [2.05, 4.69) is 5.32 Å². The van der Waals surface area contributed by atoms with Crippen LogP contribution in [-0.2, 0) is 34.0 Å². The van der Waals surface area contributed by atoms with Crippen molar-refractivity contribution >= 4 is 23.4 Å². The molecule has 2 N–H and O–H groups in total. The minimum absolute atomic E-state index is 0.00120. The molecule has 1 unspecified atom stereocenters. The third-order valence-corrected chi connectivity index (χ3v) is 6.01. The molecule has 8 nitrogen and oxygen atoms in total. The minimum Gasteiger partial charge on any atom is -0.381 e. The molecule has 0 saturated carbocycles. The lowest BCUT2D eigenvalue weighted by Gasteiger charge is -2.29. The van der Waals surface area contributed by atoms with Crippen molar-refractivity contribution in [3.63, 3.8) is 0 Å². The van der Waals surface area contributed by atoms with Gasteiger partial charge in [0.2, 0.25) is 11.8 Å². The van der Waals surface area contributed by atoms with Gasteiger partial charge in [0, 0.05) is 72.5 Å². The highest BCUT2D eigenvalue weighted by atomic mass is 19.1. The molecule has 3 aliphatic rings. The second-order valence-corrected chi connectivity index (χ2v) is 8.14. The highest BCUT2D eigenvalue weighted by molar-refractivity contribution is 6.06. The second-order valence-electron chi connectivity index (χ2n) is 8.14. The first-order valence-electron chi connectivity index (χ1n) is 14.4. The summed E-state index contributed by atoms with van der Waals surface area (Å²) in [5, 5.41) is 4.79. The van der Waals surface area contributed by atoms with Crippen LogP contribution in [0.4, 0.5) is 10.1 Å². The average Bonchev–Trinajstić information content (AvgIpc) is 3.26. The Morgan fingerprint density at radius 2 is 2.00 bits per heavy atom. The van der Waals surface area contributed by atoms with Gasteiger partial charge < -0.3 is 15.0 Å². The fourth-order valence-electron chi connectivity index (χ4n) is 4.23. The van der Waals surface area contributed by atoms with Gasteiger partial charge in [-0.2, -0.15) is 0 Å². The predicted molar refractivity (Wildman–Crippen MR) is 122 cm³/mol. The number of amides is 3. The number of rotatable bonds is 6. The molecule has 2 aromatic carbocycles. The molecular weight excluding hydrogens is 439 g/mol. The van der Waals surface area contributed by atoms with Crippen molar-refractivity contribution in [2.24, 2.45) is 0 Å². The molecule has 0 radical (unpaired) electrons. The Labute approximate surface area is 206 Å². The van der Waals surface area contributed by atoms with Gasteiger partial charge in [0.15, 0.2) is 0 Å². The third-order valence-electron chi connectivity index (χ3n) is 6.01. The van der Waals surface area contributed by atoms with Crippen LogP contribution in [0.15, 0.2) is 36.3 Å². The first kappa shape index (κ1) is 15.6. The summed E-state index contributed by atoms with van der Waals surface area (Å²) in [4.78, 5) is 40.6. The Balaban J connectivity index is 1.42. The predicted octanol–water partition coefficient (Wildman–Crippen LogP) is 2.03. The molecule has 0 spiro atoms. The number of anilines is 1. The first-order chi connectivity index (χ1) is 19.3. The van der Waals surface area contributed by atoms with Crippen molar-refractivity contribution in [3.05, 3.63) is 64.4 Å². The normalized spacial score (nSPS) is 26.9. The number of hydrogen-bond acceptors (Lipinski definition) is 6. The largest absolute Gasteiger partial charge is 0.381 e. The molecule has 5 rings (SSSR count). The average molecular weight is 474 g/mol. The number of fused-ring (bicyclic) bond motifs is 1. The van der Waals surface area contributed by atoms with E-state index in [0.717, 1.165) is 4.90 Å². The van der Waals surface area contributed by atoms with E-state index in [4.69, 9.17) is 14.3 Å². The van der Waals surface area contributed by atoms with Gasteiger partial charge in [-0.1, -0.05) is 24.2 Å². The Hall–Kier alpha value is -3.30. The smallest absolute Gasteiger partial charge is 0.255 e. The van der Waals surface area contributed by atoms with Crippen LogP contribution in [0.2, 0.25) is 0 Å². The number of piperidine rings is 1. The maximum Gasteiger partial charge on any atom is 0.255 e. The Bertz CT molecular complexity index is 1450. The Morgan fingerprint density at radius 3 is 2.82 bits per heavy atom. The van der Waals surface area contributed by atoms with Crippen LogP contribution < -0.4 is 10.6 Å². The van der Waals surface area contributed by atoms with E-state index in [1.165, 1.54) is 12.1 Å². The molecule has 0 aliphatic carbocycles. The second kappa shape index (κ2) is 9.52. The number of carbonyl (C=O) groups excluding carboxylic acids is 3. The molecule has 1 atom stereocenters. The van der Waals surface area contributed by atoms with Crippen LogP contribution in [0.1, 0.15) is 49.4 Å². The molecule has 0 aromatic heterocycles. The molecule has 3 amide bonds. The monoisotopic (exact) mass is 473 g/mol. The van der Waals surface area contributed by atoms with Crippen molar-refractivity contribution in [3.8, 4) is 0 Å². The highest BCUT2D eigenvalue weighted by Crippen LogP contribution is 2.32. The van der Waals surface area contributed by atoms with Crippen molar-refractivity contribution in [1.82, 2.24) is 15.1 Å². The fourth-order valence-corrected chi connectivity index (χ4v) is 4.23. The molecule has 2 aromatic rings. The molecule has 2 saturated heterocycles. The summed E-state index contributed by atoms with van der Waals surface area (Å²) in [6, 6.07) is 1.39.